The number of nitrogens with zero attached hydrogens (tertiary/aromatic N) is 3. The fourth-order valence-corrected chi connectivity index (χ4v) is 3.50. The number of rotatable bonds is 5. The van der Waals surface area contributed by atoms with E-state index < -0.39 is 0 Å². The third-order valence-corrected chi connectivity index (χ3v) is 5.00. The lowest BCUT2D eigenvalue weighted by Crippen LogP contribution is -2.01. The van der Waals surface area contributed by atoms with Crippen molar-refractivity contribution in [2.45, 2.75) is 6.61 Å². The number of para-hydroxylation sites is 1. The molecule has 0 fully saturated rings. The van der Waals surface area contributed by atoms with Crippen molar-refractivity contribution in [3.63, 3.8) is 0 Å². The Kier molecular flexibility index (Phi) is 4.69. The van der Waals surface area contributed by atoms with Crippen LogP contribution in [0.1, 0.15) is 5.69 Å². The van der Waals surface area contributed by atoms with Gasteiger partial charge in [-0.1, -0.05) is 54.6 Å². The van der Waals surface area contributed by atoms with Crippen LogP contribution in [0.5, 0.6) is 11.5 Å². The molecule has 30 heavy (non-hydrogen) atoms. The summed E-state index contributed by atoms with van der Waals surface area (Å²) in [6, 6.07) is 25.9. The van der Waals surface area contributed by atoms with Crippen LogP contribution in [-0.4, -0.2) is 22.1 Å². The topological polar surface area (TPSA) is 57.1 Å². The molecule has 0 aliphatic rings. The maximum atomic E-state index is 6.12. The number of hydrogen-bond acceptors (Lipinski definition) is 5. The molecule has 2 heterocycles. The van der Waals surface area contributed by atoms with Crippen LogP contribution in [0.4, 0.5) is 0 Å². The van der Waals surface area contributed by atoms with E-state index in [1.165, 1.54) is 0 Å². The Morgan fingerprint density at radius 3 is 2.47 bits per heavy atom. The Morgan fingerprint density at radius 1 is 0.767 bits per heavy atom. The molecule has 0 saturated heterocycles. The van der Waals surface area contributed by atoms with Gasteiger partial charge < -0.3 is 9.47 Å². The van der Waals surface area contributed by atoms with Crippen molar-refractivity contribution < 1.29 is 9.47 Å². The van der Waals surface area contributed by atoms with Crippen LogP contribution in [0.3, 0.4) is 0 Å². The van der Waals surface area contributed by atoms with Gasteiger partial charge in [-0.3, -0.25) is 0 Å². The first kappa shape index (κ1) is 18.1. The highest BCUT2D eigenvalue weighted by molar-refractivity contribution is 5.94. The molecule has 146 valence electrons. The number of pyridine rings is 1. The maximum Gasteiger partial charge on any atom is 0.162 e. The Labute approximate surface area is 174 Å². The number of ether oxygens (including phenoxy) is 2. The summed E-state index contributed by atoms with van der Waals surface area (Å²) in [6.07, 6.45) is 1.57. The van der Waals surface area contributed by atoms with E-state index in [2.05, 4.69) is 21.0 Å². The predicted molar refractivity (Wildman–Crippen MR) is 118 cm³/mol. The molecule has 0 bridgehead atoms. The number of hydrogen-bond donors (Lipinski definition) is 0. The molecule has 3 aromatic carbocycles. The number of fused-ring (bicyclic) bond motifs is 2. The molecule has 0 aliphatic carbocycles. The van der Waals surface area contributed by atoms with Gasteiger partial charge in [0, 0.05) is 22.4 Å². The van der Waals surface area contributed by atoms with Crippen molar-refractivity contribution in [2.75, 3.05) is 7.11 Å². The molecule has 0 unspecified atom stereocenters. The fraction of sp³-hybridized carbons (Fsp3) is 0.0800. The number of aromatic nitrogens is 3. The van der Waals surface area contributed by atoms with E-state index in [-0.39, 0.29) is 0 Å². The molecule has 0 radical (unpaired) electrons. The average Bonchev–Trinajstić information content (AvgIpc) is 2.82. The monoisotopic (exact) mass is 393 g/mol. The minimum Gasteiger partial charge on any atom is -0.493 e. The summed E-state index contributed by atoms with van der Waals surface area (Å²) in [6.45, 7) is 0.334. The van der Waals surface area contributed by atoms with Gasteiger partial charge in [-0.25, -0.2) is 15.0 Å². The highest BCUT2D eigenvalue weighted by Gasteiger charge is 2.13. The summed E-state index contributed by atoms with van der Waals surface area (Å²) in [5, 5.41) is 2.01. The smallest absolute Gasteiger partial charge is 0.162 e. The summed E-state index contributed by atoms with van der Waals surface area (Å²) in [5.74, 6) is 1.26. The first-order valence-electron chi connectivity index (χ1n) is 9.67. The predicted octanol–water partition coefficient (Wildman–Crippen LogP) is 5.43. The summed E-state index contributed by atoms with van der Waals surface area (Å²) in [4.78, 5) is 13.6. The zero-order valence-corrected chi connectivity index (χ0v) is 16.4. The van der Waals surface area contributed by atoms with Crippen LogP contribution in [0.15, 0.2) is 85.2 Å². The van der Waals surface area contributed by atoms with Crippen LogP contribution in [0, 0.1) is 0 Å². The van der Waals surface area contributed by atoms with Gasteiger partial charge in [0.05, 0.1) is 29.5 Å². The van der Waals surface area contributed by atoms with Crippen LogP contribution in [0.25, 0.3) is 33.1 Å². The van der Waals surface area contributed by atoms with E-state index in [4.69, 9.17) is 9.47 Å². The molecule has 0 saturated carbocycles. The second kappa shape index (κ2) is 7.79. The molecule has 0 atom stereocenters. The summed E-state index contributed by atoms with van der Waals surface area (Å²) >= 11 is 0. The molecule has 0 N–H and O–H groups in total. The van der Waals surface area contributed by atoms with Gasteiger partial charge in [0.2, 0.25) is 0 Å². The van der Waals surface area contributed by atoms with E-state index in [1.807, 2.05) is 72.8 Å². The van der Waals surface area contributed by atoms with Crippen LogP contribution in [0.2, 0.25) is 0 Å². The van der Waals surface area contributed by atoms with Gasteiger partial charge >= 0.3 is 0 Å². The van der Waals surface area contributed by atoms with E-state index in [9.17, 15) is 0 Å². The van der Waals surface area contributed by atoms with Crippen molar-refractivity contribution in [3.05, 3.63) is 90.9 Å². The molecule has 0 aliphatic heterocycles. The minimum absolute atomic E-state index is 0.334. The van der Waals surface area contributed by atoms with Gasteiger partial charge in [-0.2, -0.15) is 0 Å². The molecule has 2 aromatic heterocycles. The average molecular weight is 393 g/mol. The van der Waals surface area contributed by atoms with E-state index in [1.54, 1.807) is 13.4 Å². The zero-order chi connectivity index (χ0) is 20.3. The molecule has 5 rings (SSSR count). The SMILES string of the molecule is COc1cc2ncnc(-c3ccccc3)c2cc1OCc1ccc2ccccc2n1. The third-order valence-electron chi connectivity index (χ3n) is 5.00. The Bertz CT molecular complexity index is 1340. The molecule has 5 aromatic rings. The summed E-state index contributed by atoms with van der Waals surface area (Å²) in [5.41, 5.74) is 4.48. The van der Waals surface area contributed by atoms with Crippen molar-refractivity contribution in [2.24, 2.45) is 0 Å². The van der Waals surface area contributed by atoms with Crippen LogP contribution < -0.4 is 9.47 Å². The molecular formula is C25H19N3O2. The van der Waals surface area contributed by atoms with Crippen molar-refractivity contribution >= 4 is 21.8 Å². The van der Waals surface area contributed by atoms with Crippen molar-refractivity contribution in [3.8, 4) is 22.8 Å². The lowest BCUT2D eigenvalue weighted by molar-refractivity contribution is 0.281. The summed E-state index contributed by atoms with van der Waals surface area (Å²) < 4.78 is 11.7. The highest BCUT2D eigenvalue weighted by atomic mass is 16.5. The van der Waals surface area contributed by atoms with Crippen LogP contribution in [-0.2, 0) is 6.61 Å². The van der Waals surface area contributed by atoms with Gasteiger partial charge in [0.25, 0.3) is 0 Å². The van der Waals surface area contributed by atoms with Crippen molar-refractivity contribution in [1.29, 1.82) is 0 Å². The van der Waals surface area contributed by atoms with E-state index in [0.717, 1.165) is 38.8 Å². The zero-order valence-electron chi connectivity index (χ0n) is 16.4. The van der Waals surface area contributed by atoms with E-state index in [0.29, 0.717) is 18.1 Å². The number of benzene rings is 3. The minimum atomic E-state index is 0.334. The lowest BCUT2D eigenvalue weighted by atomic mass is 10.1. The van der Waals surface area contributed by atoms with Crippen molar-refractivity contribution in [1.82, 2.24) is 15.0 Å². The molecular weight excluding hydrogens is 374 g/mol. The van der Waals surface area contributed by atoms with Gasteiger partial charge in [0.15, 0.2) is 11.5 Å². The quantitative estimate of drug-likeness (QED) is 0.398. The largest absolute Gasteiger partial charge is 0.493 e. The third kappa shape index (κ3) is 3.42. The second-order valence-corrected chi connectivity index (χ2v) is 6.89. The number of methoxy groups -OCH3 is 1. The van der Waals surface area contributed by atoms with Gasteiger partial charge in [-0.15, -0.1) is 0 Å². The Morgan fingerprint density at radius 2 is 1.60 bits per heavy atom. The normalized spacial score (nSPS) is 11.0. The molecule has 5 heteroatoms. The summed E-state index contributed by atoms with van der Waals surface area (Å²) in [7, 11) is 1.63. The van der Waals surface area contributed by atoms with Crippen LogP contribution >= 0.6 is 0 Å². The maximum absolute atomic E-state index is 6.12. The first-order valence-corrected chi connectivity index (χ1v) is 9.67. The Hall–Kier alpha value is -3.99. The van der Waals surface area contributed by atoms with E-state index >= 15 is 0 Å². The molecule has 5 nitrogen and oxygen atoms in total. The first-order chi connectivity index (χ1) is 14.8. The molecule has 0 spiro atoms. The van der Waals surface area contributed by atoms with Gasteiger partial charge in [-0.05, 0) is 18.2 Å². The highest BCUT2D eigenvalue weighted by Crippen LogP contribution is 2.35. The standard InChI is InChI=1S/C25H19N3O2/c1-29-23-14-22-20(25(27-16-26-22)18-8-3-2-4-9-18)13-24(23)30-15-19-12-11-17-7-5-6-10-21(17)28-19/h2-14,16H,15H2,1H3. The van der Waals surface area contributed by atoms with Gasteiger partial charge in [0.1, 0.15) is 12.9 Å². The Balaban J connectivity index is 1.52. The fourth-order valence-electron chi connectivity index (χ4n) is 3.50. The second-order valence-electron chi connectivity index (χ2n) is 6.89. The molecule has 0 amide bonds. The lowest BCUT2D eigenvalue weighted by Gasteiger charge is -2.13.